The van der Waals surface area contributed by atoms with Gasteiger partial charge < -0.3 is 15.4 Å². The van der Waals surface area contributed by atoms with Crippen LogP contribution < -0.4 is 15.4 Å². The maximum atomic E-state index is 12.3. The second-order valence-electron chi connectivity index (χ2n) is 6.10. The molecule has 1 atom stereocenters. The molecule has 6 nitrogen and oxygen atoms in total. The Bertz CT molecular complexity index is 727. The minimum Gasteiger partial charge on any atom is -0.481 e. The number of anilines is 1. The van der Waals surface area contributed by atoms with Gasteiger partial charge in [-0.15, -0.1) is 0 Å². The molecule has 25 heavy (non-hydrogen) atoms. The van der Waals surface area contributed by atoms with E-state index in [4.69, 9.17) is 4.74 Å². The number of benzene rings is 1. The van der Waals surface area contributed by atoms with Gasteiger partial charge in [0.2, 0.25) is 5.88 Å². The zero-order valence-electron chi connectivity index (χ0n) is 14.1. The van der Waals surface area contributed by atoms with Crippen molar-refractivity contribution in [3.63, 3.8) is 0 Å². The van der Waals surface area contributed by atoms with E-state index < -0.39 is 11.8 Å². The lowest BCUT2D eigenvalue weighted by molar-refractivity contribution is -0.137. The van der Waals surface area contributed by atoms with Crippen LogP contribution in [0, 0.1) is 5.92 Å². The molecular formula is C19H21N3O3. The number of carbonyl (C=O) groups excluding carboxylic acids is 2. The predicted molar refractivity (Wildman–Crippen MR) is 94.1 cm³/mol. The molecule has 1 aliphatic carbocycles. The van der Waals surface area contributed by atoms with Gasteiger partial charge in [0.15, 0.2) is 0 Å². The molecule has 6 heteroatoms. The van der Waals surface area contributed by atoms with E-state index >= 15 is 0 Å². The lowest BCUT2D eigenvalue weighted by Crippen LogP contribution is -2.41. The number of carbonyl (C=O) groups is 2. The molecule has 1 aliphatic rings. The zero-order valence-corrected chi connectivity index (χ0v) is 14.1. The maximum Gasteiger partial charge on any atom is 0.313 e. The van der Waals surface area contributed by atoms with E-state index in [1.807, 2.05) is 30.3 Å². The number of nitrogens with zero attached hydrogens (tertiary/aromatic N) is 1. The molecule has 3 rings (SSSR count). The van der Waals surface area contributed by atoms with Crippen LogP contribution in [0.1, 0.15) is 30.9 Å². The van der Waals surface area contributed by atoms with Crippen molar-refractivity contribution in [2.24, 2.45) is 5.92 Å². The van der Waals surface area contributed by atoms with Crippen molar-refractivity contribution in [3.05, 3.63) is 54.2 Å². The third-order valence-corrected chi connectivity index (χ3v) is 4.48. The fourth-order valence-electron chi connectivity index (χ4n) is 2.88. The van der Waals surface area contributed by atoms with Crippen molar-refractivity contribution in [2.75, 3.05) is 12.4 Å². The summed E-state index contributed by atoms with van der Waals surface area (Å²) in [5.74, 6) is -0.526. The van der Waals surface area contributed by atoms with Crippen molar-refractivity contribution in [1.82, 2.24) is 10.3 Å². The van der Waals surface area contributed by atoms with E-state index in [0.717, 1.165) is 24.8 Å². The molecule has 1 heterocycles. The summed E-state index contributed by atoms with van der Waals surface area (Å²) in [7, 11) is 1.51. The number of hydrogen-bond acceptors (Lipinski definition) is 4. The molecule has 2 amide bonds. The van der Waals surface area contributed by atoms with E-state index in [9.17, 15) is 9.59 Å². The van der Waals surface area contributed by atoms with E-state index in [0.29, 0.717) is 17.5 Å². The minimum atomic E-state index is -0.702. The number of amides is 2. The summed E-state index contributed by atoms with van der Waals surface area (Å²) in [6, 6.07) is 12.9. The normalized spacial score (nSPS) is 14.9. The number of methoxy groups -OCH3 is 1. The molecule has 1 aromatic heterocycles. The van der Waals surface area contributed by atoms with Crippen LogP contribution in [0.4, 0.5) is 5.69 Å². The number of nitrogens with one attached hydrogen (secondary N) is 2. The van der Waals surface area contributed by atoms with Crippen LogP contribution >= 0.6 is 0 Å². The third-order valence-electron chi connectivity index (χ3n) is 4.48. The number of hydrogen-bond donors (Lipinski definition) is 2. The van der Waals surface area contributed by atoms with Crippen LogP contribution in [-0.2, 0) is 9.59 Å². The summed E-state index contributed by atoms with van der Waals surface area (Å²) in [5.41, 5.74) is 1.47. The molecule has 0 aliphatic heterocycles. The van der Waals surface area contributed by atoms with Crippen molar-refractivity contribution in [3.8, 4) is 5.88 Å². The lowest BCUT2D eigenvalue weighted by Gasteiger charge is -2.34. The summed E-state index contributed by atoms with van der Waals surface area (Å²) in [4.78, 5) is 28.5. The monoisotopic (exact) mass is 339 g/mol. The highest BCUT2D eigenvalue weighted by atomic mass is 16.5. The first-order valence-electron chi connectivity index (χ1n) is 8.34. The topological polar surface area (TPSA) is 80.3 Å². The van der Waals surface area contributed by atoms with Gasteiger partial charge in [-0.05, 0) is 30.4 Å². The van der Waals surface area contributed by atoms with Gasteiger partial charge >= 0.3 is 11.8 Å². The Morgan fingerprint density at radius 1 is 1.12 bits per heavy atom. The Morgan fingerprint density at radius 2 is 1.88 bits per heavy atom. The van der Waals surface area contributed by atoms with Crippen LogP contribution in [0.15, 0.2) is 48.7 Å². The molecule has 0 spiro atoms. The fourth-order valence-corrected chi connectivity index (χ4v) is 2.88. The quantitative estimate of drug-likeness (QED) is 0.821. The first kappa shape index (κ1) is 17.0. The SMILES string of the molecule is COc1ccc(NC(=O)C(=O)NC(c2ccccc2)C2CCC2)cn1. The molecule has 0 saturated heterocycles. The Balaban J connectivity index is 1.65. The van der Waals surface area contributed by atoms with E-state index in [1.165, 1.54) is 13.3 Å². The molecule has 1 fully saturated rings. The lowest BCUT2D eigenvalue weighted by atomic mass is 9.77. The van der Waals surface area contributed by atoms with Gasteiger partial charge in [0.05, 0.1) is 25.0 Å². The Kier molecular flexibility index (Phi) is 5.28. The molecule has 2 aromatic rings. The predicted octanol–water partition coefficient (Wildman–Crippen LogP) is 2.69. The Labute approximate surface area is 146 Å². The largest absolute Gasteiger partial charge is 0.481 e. The van der Waals surface area contributed by atoms with Crippen molar-refractivity contribution in [1.29, 1.82) is 0 Å². The minimum absolute atomic E-state index is 0.137. The number of pyridine rings is 1. The van der Waals surface area contributed by atoms with E-state index in [2.05, 4.69) is 15.6 Å². The standard InChI is InChI=1S/C19H21N3O3/c1-25-16-11-10-15(12-20-16)21-18(23)19(24)22-17(14-8-5-9-14)13-6-3-2-4-7-13/h2-4,6-7,10-12,14,17H,5,8-9H2,1H3,(H,21,23)(H,22,24). The average Bonchev–Trinajstić information content (AvgIpc) is 2.61. The highest BCUT2D eigenvalue weighted by Crippen LogP contribution is 2.37. The summed E-state index contributed by atoms with van der Waals surface area (Å²) in [5, 5.41) is 5.44. The van der Waals surface area contributed by atoms with Gasteiger partial charge in [-0.1, -0.05) is 36.8 Å². The van der Waals surface area contributed by atoms with Crippen LogP contribution in [0.25, 0.3) is 0 Å². The highest BCUT2D eigenvalue weighted by Gasteiger charge is 2.31. The molecule has 1 aromatic carbocycles. The van der Waals surface area contributed by atoms with Crippen molar-refractivity contribution < 1.29 is 14.3 Å². The first-order chi connectivity index (χ1) is 12.2. The maximum absolute atomic E-state index is 12.3. The second-order valence-corrected chi connectivity index (χ2v) is 6.10. The summed E-state index contributed by atoms with van der Waals surface area (Å²) >= 11 is 0. The Morgan fingerprint density at radius 3 is 2.44 bits per heavy atom. The molecule has 0 bridgehead atoms. The number of rotatable bonds is 5. The zero-order chi connectivity index (χ0) is 17.6. The van der Waals surface area contributed by atoms with Crippen LogP contribution in [0.3, 0.4) is 0 Å². The van der Waals surface area contributed by atoms with Gasteiger partial charge in [-0.2, -0.15) is 0 Å². The van der Waals surface area contributed by atoms with E-state index in [-0.39, 0.29) is 6.04 Å². The highest BCUT2D eigenvalue weighted by molar-refractivity contribution is 6.39. The molecular weight excluding hydrogens is 318 g/mol. The van der Waals surface area contributed by atoms with E-state index in [1.54, 1.807) is 12.1 Å². The van der Waals surface area contributed by atoms with Crippen molar-refractivity contribution in [2.45, 2.75) is 25.3 Å². The number of aromatic nitrogens is 1. The summed E-state index contributed by atoms with van der Waals surface area (Å²) in [6.07, 6.45) is 4.73. The van der Waals surface area contributed by atoms with Crippen molar-refractivity contribution >= 4 is 17.5 Å². The number of ether oxygens (including phenoxy) is 1. The van der Waals surface area contributed by atoms with Crippen LogP contribution in [0.2, 0.25) is 0 Å². The molecule has 1 saturated carbocycles. The Hall–Kier alpha value is -2.89. The first-order valence-corrected chi connectivity index (χ1v) is 8.34. The molecule has 0 radical (unpaired) electrons. The van der Waals surface area contributed by atoms with Gasteiger partial charge in [-0.3, -0.25) is 9.59 Å². The summed E-state index contributed by atoms with van der Waals surface area (Å²) < 4.78 is 4.97. The van der Waals surface area contributed by atoms with Gasteiger partial charge in [0.1, 0.15) is 0 Å². The molecule has 1 unspecified atom stereocenters. The smallest absolute Gasteiger partial charge is 0.313 e. The van der Waals surface area contributed by atoms with Gasteiger partial charge in [-0.25, -0.2) is 4.98 Å². The van der Waals surface area contributed by atoms with Gasteiger partial charge in [0.25, 0.3) is 0 Å². The summed E-state index contributed by atoms with van der Waals surface area (Å²) in [6.45, 7) is 0. The second kappa shape index (κ2) is 7.79. The fraction of sp³-hybridized carbons (Fsp3) is 0.316. The average molecular weight is 339 g/mol. The third kappa shape index (κ3) is 4.15. The molecule has 2 N–H and O–H groups in total. The van der Waals surface area contributed by atoms with Gasteiger partial charge in [0, 0.05) is 6.07 Å². The molecule has 130 valence electrons. The van der Waals surface area contributed by atoms with Crippen LogP contribution in [-0.4, -0.2) is 23.9 Å². The van der Waals surface area contributed by atoms with Crippen LogP contribution in [0.5, 0.6) is 5.88 Å².